The molecule has 0 spiro atoms. The van der Waals surface area contributed by atoms with Crippen molar-refractivity contribution < 1.29 is 8.78 Å². The molecule has 0 aliphatic carbocycles. The standard InChI is InChI=1S/C27H25F2N7O/c1-14-10-17(11-15(2)24(14)28)36-26(23-19-5-4-16(31-19)12-20(23)32-36)35-9-8-34(27(35)37)22-7-6-21-18(25(22)29)13-30-33(21)3/h6-11,13,16,19,31H,4-5,12H2,1-3H3/t16-,19+/m0/s1. The normalized spacial score (nSPS) is 18.6. The van der Waals surface area contributed by atoms with Crippen LogP contribution in [-0.4, -0.2) is 34.7 Å². The van der Waals surface area contributed by atoms with Crippen molar-refractivity contribution in [1.82, 2.24) is 34.0 Å². The van der Waals surface area contributed by atoms with Crippen molar-refractivity contribution in [2.24, 2.45) is 7.05 Å². The first-order chi connectivity index (χ1) is 17.8. The average molecular weight is 502 g/mol. The van der Waals surface area contributed by atoms with Gasteiger partial charge in [-0.05, 0) is 62.1 Å². The first-order valence-electron chi connectivity index (χ1n) is 12.4. The highest BCUT2D eigenvalue weighted by molar-refractivity contribution is 5.81. The molecule has 5 heterocycles. The number of fused-ring (bicyclic) bond motifs is 5. The molecule has 0 saturated carbocycles. The van der Waals surface area contributed by atoms with E-state index in [-0.39, 0.29) is 17.5 Å². The maximum atomic E-state index is 15.5. The van der Waals surface area contributed by atoms with Gasteiger partial charge in [-0.3, -0.25) is 13.8 Å². The van der Waals surface area contributed by atoms with E-state index in [1.807, 2.05) is 0 Å². The van der Waals surface area contributed by atoms with Crippen molar-refractivity contribution in [2.75, 3.05) is 0 Å². The van der Waals surface area contributed by atoms with Crippen LogP contribution in [0, 0.1) is 25.5 Å². The molecule has 37 heavy (non-hydrogen) atoms. The van der Waals surface area contributed by atoms with Gasteiger partial charge in [-0.1, -0.05) is 0 Å². The van der Waals surface area contributed by atoms with Gasteiger partial charge in [0.15, 0.2) is 5.82 Å². The number of hydrogen-bond donors (Lipinski definition) is 1. The lowest BCUT2D eigenvalue weighted by Gasteiger charge is -2.21. The fraction of sp³-hybridized carbons (Fsp3) is 0.296. The van der Waals surface area contributed by atoms with Crippen LogP contribution >= 0.6 is 0 Å². The van der Waals surface area contributed by atoms with Gasteiger partial charge < -0.3 is 5.32 Å². The number of aryl methyl sites for hydroxylation is 3. The Hall–Kier alpha value is -4.05. The Morgan fingerprint density at radius 3 is 2.57 bits per heavy atom. The summed E-state index contributed by atoms with van der Waals surface area (Å²) in [6.45, 7) is 3.44. The minimum absolute atomic E-state index is 0.0684. The van der Waals surface area contributed by atoms with Crippen LogP contribution in [0.2, 0.25) is 0 Å². The molecule has 3 aromatic heterocycles. The van der Waals surface area contributed by atoms with Crippen LogP contribution in [0.1, 0.15) is 41.3 Å². The Morgan fingerprint density at radius 2 is 1.78 bits per heavy atom. The second kappa shape index (κ2) is 7.72. The molecule has 8 nitrogen and oxygen atoms in total. The van der Waals surface area contributed by atoms with Gasteiger partial charge in [-0.15, -0.1) is 0 Å². The van der Waals surface area contributed by atoms with Crippen LogP contribution in [0.3, 0.4) is 0 Å². The van der Waals surface area contributed by atoms with Gasteiger partial charge >= 0.3 is 5.69 Å². The molecular weight excluding hydrogens is 476 g/mol. The van der Waals surface area contributed by atoms with Crippen LogP contribution in [0.25, 0.3) is 28.1 Å². The smallest absolute Gasteiger partial charge is 0.307 e. The first kappa shape index (κ1) is 22.2. The van der Waals surface area contributed by atoms with Crippen molar-refractivity contribution in [3.63, 3.8) is 0 Å². The van der Waals surface area contributed by atoms with Gasteiger partial charge in [0.1, 0.15) is 11.6 Å². The molecule has 0 unspecified atom stereocenters. The van der Waals surface area contributed by atoms with E-state index in [1.54, 1.807) is 66.9 Å². The first-order valence-corrected chi connectivity index (χ1v) is 12.4. The van der Waals surface area contributed by atoms with Crippen LogP contribution in [-0.2, 0) is 13.5 Å². The number of nitrogens with one attached hydrogen (secondary N) is 1. The third-order valence-corrected chi connectivity index (χ3v) is 7.78. The Morgan fingerprint density at radius 1 is 1.03 bits per heavy atom. The van der Waals surface area contributed by atoms with E-state index in [0.717, 1.165) is 30.5 Å². The second-order valence-electron chi connectivity index (χ2n) is 10.1. The Labute approximate surface area is 210 Å². The zero-order valence-corrected chi connectivity index (χ0v) is 20.7. The molecule has 1 fully saturated rings. The number of imidazole rings is 1. The molecule has 1 N–H and O–H groups in total. The maximum Gasteiger partial charge on any atom is 0.338 e. The number of rotatable bonds is 3. The van der Waals surface area contributed by atoms with Crippen molar-refractivity contribution in [3.8, 4) is 17.2 Å². The summed E-state index contributed by atoms with van der Waals surface area (Å²) in [5, 5.41) is 13.1. The van der Waals surface area contributed by atoms with E-state index in [0.29, 0.717) is 39.6 Å². The summed E-state index contributed by atoms with van der Waals surface area (Å²) in [5.41, 5.74) is 3.97. The minimum atomic E-state index is -0.508. The summed E-state index contributed by atoms with van der Waals surface area (Å²) in [6.07, 6.45) is 7.42. The van der Waals surface area contributed by atoms with Crippen LogP contribution in [0.4, 0.5) is 8.78 Å². The van der Waals surface area contributed by atoms with Crippen molar-refractivity contribution in [3.05, 3.63) is 87.4 Å². The largest absolute Gasteiger partial charge is 0.338 e. The molecule has 2 aliphatic rings. The molecule has 10 heteroatoms. The molecule has 2 aliphatic heterocycles. The van der Waals surface area contributed by atoms with Crippen molar-refractivity contribution in [2.45, 2.75) is 45.2 Å². The molecule has 188 valence electrons. The van der Waals surface area contributed by atoms with E-state index < -0.39 is 11.5 Å². The van der Waals surface area contributed by atoms with Gasteiger partial charge in [0, 0.05) is 43.5 Å². The molecule has 2 atom stereocenters. The number of benzene rings is 2. The van der Waals surface area contributed by atoms with E-state index in [9.17, 15) is 9.18 Å². The highest BCUT2D eigenvalue weighted by Crippen LogP contribution is 2.40. The summed E-state index contributed by atoms with van der Waals surface area (Å²) < 4.78 is 36.1. The monoisotopic (exact) mass is 501 g/mol. The second-order valence-corrected chi connectivity index (χ2v) is 10.1. The van der Waals surface area contributed by atoms with E-state index in [2.05, 4.69) is 10.4 Å². The van der Waals surface area contributed by atoms with Crippen molar-refractivity contribution >= 4 is 10.9 Å². The zero-order chi connectivity index (χ0) is 25.6. The van der Waals surface area contributed by atoms with E-state index in [1.165, 1.54) is 15.3 Å². The van der Waals surface area contributed by atoms with Gasteiger partial charge in [-0.2, -0.15) is 10.2 Å². The van der Waals surface area contributed by atoms with E-state index in [4.69, 9.17) is 5.10 Å². The zero-order valence-electron chi connectivity index (χ0n) is 20.7. The summed E-state index contributed by atoms with van der Waals surface area (Å²) in [5.74, 6) is -0.163. The molecule has 2 bridgehead atoms. The number of aromatic nitrogens is 6. The minimum Gasteiger partial charge on any atom is -0.307 e. The third-order valence-electron chi connectivity index (χ3n) is 7.78. The van der Waals surface area contributed by atoms with Gasteiger partial charge in [0.2, 0.25) is 0 Å². The molecule has 0 radical (unpaired) electrons. The maximum absolute atomic E-state index is 15.5. The Bertz CT molecular complexity index is 1770. The SMILES string of the molecule is Cc1cc(-n2nc3c(c2-n2ccn(-c4ccc5c(cnn5C)c4F)c2=O)[C@H]2CC[C@@H](C3)N2)cc(C)c1F. The fourth-order valence-corrected chi connectivity index (χ4v) is 5.96. The van der Waals surface area contributed by atoms with Gasteiger partial charge in [0.25, 0.3) is 0 Å². The lowest BCUT2D eigenvalue weighted by atomic mass is 10.0. The van der Waals surface area contributed by atoms with Gasteiger partial charge in [-0.25, -0.2) is 18.3 Å². The summed E-state index contributed by atoms with van der Waals surface area (Å²) in [7, 11) is 1.74. The van der Waals surface area contributed by atoms with E-state index >= 15 is 4.39 Å². The van der Waals surface area contributed by atoms with Gasteiger partial charge in [0.05, 0.1) is 34.2 Å². The number of halogens is 2. The Kier molecular flexibility index (Phi) is 4.63. The highest BCUT2D eigenvalue weighted by Gasteiger charge is 2.38. The van der Waals surface area contributed by atoms with Crippen LogP contribution < -0.4 is 11.0 Å². The average Bonchev–Trinajstić information content (AvgIpc) is 3.64. The highest BCUT2D eigenvalue weighted by atomic mass is 19.1. The molecule has 1 saturated heterocycles. The Balaban J connectivity index is 1.46. The van der Waals surface area contributed by atoms with Crippen LogP contribution in [0.15, 0.2) is 47.7 Å². The summed E-state index contributed by atoms with van der Waals surface area (Å²) >= 11 is 0. The molecule has 7 rings (SSSR count). The number of nitrogens with zero attached hydrogens (tertiary/aromatic N) is 6. The fourth-order valence-electron chi connectivity index (χ4n) is 5.96. The lowest BCUT2D eigenvalue weighted by molar-refractivity contribution is 0.509. The topological polar surface area (TPSA) is 74.6 Å². The molecular formula is C27H25F2N7O. The summed E-state index contributed by atoms with van der Waals surface area (Å²) in [4.78, 5) is 13.8. The molecule has 0 amide bonds. The quantitative estimate of drug-likeness (QED) is 0.406. The van der Waals surface area contributed by atoms with Crippen molar-refractivity contribution in [1.29, 1.82) is 0 Å². The number of hydrogen-bond acceptors (Lipinski definition) is 4. The predicted octanol–water partition coefficient (Wildman–Crippen LogP) is 3.94. The lowest BCUT2D eigenvalue weighted by Crippen LogP contribution is -2.32. The molecule has 2 aromatic carbocycles. The molecule has 5 aromatic rings. The third kappa shape index (κ3) is 3.11. The summed E-state index contributed by atoms with van der Waals surface area (Å²) in [6, 6.07) is 7.25. The predicted molar refractivity (Wildman–Crippen MR) is 135 cm³/mol. The van der Waals surface area contributed by atoms with Crippen LogP contribution in [0.5, 0.6) is 0 Å².